The van der Waals surface area contributed by atoms with Crippen LogP contribution >= 0.6 is 0 Å². The number of aryl methyl sites for hydroxylation is 1. The van der Waals surface area contributed by atoms with E-state index in [1.807, 2.05) is 0 Å². The quantitative estimate of drug-likeness (QED) is 0.893. The second-order valence-corrected chi connectivity index (χ2v) is 6.43. The van der Waals surface area contributed by atoms with Crippen LogP contribution in [-0.4, -0.2) is 18.5 Å². The third-order valence-electron chi connectivity index (χ3n) is 4.85. The van der Waals surface area contributed by atoms with E-state index < -0.39 is 0 Å². The van der Waals surface area contributed by atoms with Gasteiger partial charge in [0, 0.05) is 12.1 Å². The van der Waals surface area contributed by atoms with Crippen molar-refractivity contribution < 1.29 is 4.79 Å². The van der Waals surface area contributed by atoms with Crippen molar-refractivity contribution in [3.05, 3.63) is 35.4 Å². The van der Waals surface area contributed by atoms with Gasteiger partial charge in [-0.1, -0.05) is 43.5 Å². The number of benzene rings is 1. The van der Waals surface area contributed by atoms with Crippen LogP contribution in [0.3, 0.4) is 0 Å². The molecule has 0 aliphatic heterocycles. The molecular formula is C18H26N2O. The first-order valence-electron chi connectivity index (χ1n) is 8.43. The Labute approximate surface area is 127 Å². The average molecular weight is 286 g/mol. The predicted octanol–water partition coefficient (Wildman–Crippen LogP) is 3.10. The van der Waals surface area contributed by atoms with Crippen LogP contribution in [0.2, 0.25) is 0 Å². The highest BCUT2D eigenvalue weighted by Crippen LogP contribution is 2.29. The molecule has 0 spiro atoms. The Balaban J connectivity index is 1.50. The fourth-order valence-corrected chi connectivity index (χ4v) is 3.71. The van der Waals surface area contributed by atoms with Gasteiger partial charge in [0.1, 0.15) is 0 Å². The van der Waals surface area contributed by atoms with Gasteiger partial charge in [-0.3, -0.25) is 4.79 Å². The third kappa shape index (κ3) is 3.85. The standard InChI is InChI=1S/C18H26N2O/c21-18(20-15-9-2-1-3-10-15)13-19-17-12-6-8-14-7-4-5-11-16(14)17/h4-5,7,11,15,17,19H,1-3,6,8-10,12-13H2,(H,20,21). The highest BCUT2D eigenvalue weighted by molar-refractivity contribution is 5.78. The number of carbonyl (C=O) groups excluding carboxylic acids is 1. The van der Waals surface area contributed by atoms with Crippen LogP contribution in [0.5, 0.6) is 0 Å². The van der Waals surface area contributed by atoms with Crippen molar-refractivity contribution in [1.29, 1.82) is 0 Å². The molecule has 2 aliphatic rings. The van der Waals surface area contributed by atoms with Crippen LogP contribution < -0.4 is 10.6 Å². The molecule has 1 aromatic carbocycles. The molecule has 2 N–H and O–H groups in total. The van der Waals surface area contributed by atoms with Crippen molar-refractivity contribution in [2.45, 2.75) is 63.5 Å². The molecule has 3 heteroatoms. The molecule has 3 rings (SSSR count). The highest BCUT2D eigenvalue weighted by atomic mass is 16.1. The van der Waals surface area contributed by atoms with Gasteiger partial charge < -0.3 is 10.6 Å². The molecule has 0 heterocycles. The van der Waals surface area contributed by atoms with E-state index in [-0.39, 0.29) is 5.91 Å². The summed E-state index contributed by atoms with van der Waals surface area (Å²) in [6, 6.07) is 9.37. The van der Waals surface area contributed by atoms with Gasteiger partial charge in [-0.25, -0.2) is 0 Å². The molecule has 2 aliphatic carbocycles. The summed E-state index contributed by atoms with van der Waals surface area (Å²) in [5.74, 6) is 0.157. The molecule has 1 aromatic rings. The van der Waals surface area contributed by atoms with Gasteiger partial charge in [0.25, 0.3) is 0 Å². The minimum absolute atomic E-state index is 0.157. The Morgan fingerprint density at radius 2 is 1.86 bits per heavy atom. The molecule has 1 atom stereocenters. The lowest BCUT2D eigenvalue weighted by Crippen LogP contribution is -2.42. The van der Waals surface area contributed by atoms with E-state index in [1.54, 1.807) is 0 Å². The van der Waals surface area contributed by atoms with E-state index in [0.29, 0.717) is 18.6 Å². The van der Waals surface area contributed by atoms with Crippen molar-refractivity contribution >= 4 is 5.91 Å². The second-order valence-electron chi connectivity index (χ2n) is 6.43. The summed E-state index contributed by atoms with van der Waals surface area (Å²) in [5.41, 5.74) is 2.82. The molecule has 0 radical (unpaired) electrons. The Kier molecular flexibility index (Phi) is 4.91. The van der Waals surface area contributed by atoms with E-state index in [9.17, 15) is 4.79 Å². The van der Waals surface area contributed by atoms with E-state index in [0.717, 1.165) is 19.3 Å². The smallest absolute Gasteiger partial charge is 0.234 e. The third-order valence-corrected chi connectivity index (χ3v) is 4.85. The molecule has 0 saturated heterocycles. The Bertz CT molecular complexity index is 480. The number of carbonyl (C=O) groups is 1. The number of hydrogen-bond acceptors (Lipinski definition) is 2. The monoisotopic (exact) mass is 286 g/mol. The molecule has 21 heavy (non-hydrogen) atoms. The van der Waals surface area contributed by atoms with E-state index in [2.05, 4.69) is 34.9 Å². The lowest BCUT2D eigenvalue weighted by Gasteiger charge is -2.27. The molecule has 1 amide bonds. The van der Waals surface area contributed by atoms with Crippen molar-refractivity contribution in [3.8, 4) is 0 Å². The van der Waals surface area contributed by atoms with Crippen LogP contribution in [0, 0.1) is 0 Å². The van der Waals surface area contributed by atoms with E-state index in [1.165, 1.54) is 43.2 Å². The summed E-state index contributed by atoms with van der Waals surface area (Å²) in [7, 11) is 0. The summed E-state index contributed by atoms with van der Waals surface area (Å²) in [4.78, 5) is 12.1. The Hall–Kier alpha value is -1.35. The number of amides is 1. The molecular weight excluding hydrogens is 260 g/mol. The summed E-state index contributed by atoms with van der Waals surface area (Å²) >= 11 is 0. The van der Waals surface area contributed by atoms with E-state index in [4.69, 9.17) is 0 Å². The molecule has 0 bridgehead atoms. The first-order chi connectivity index (χ1) is 10.3. The number of hydrogen-bond donors (Lipinski definition) is 2. The van der Waals surface area contributed by atoms with Gasteiger partial charge in [0.2, 0.25) is 5.91 Å². The summed E-state index contributed by atoms with van der Waals surface area (Å²) in [6.07, 6.45) is 9.65. The van der Waals surface area contributed by atoms with Crippen molar-refractivity contribution in [2.75, 3.05) is 6.54 Å². The van der Waals surface area contributed by atoms with Gasteiger partial charge in [-0.05, 0) is 43.2 Å². The van der Waals surface area contributed by atoms with Crippen LogP contribution in [0.15, 0.2) is 24.3 Å². The molecule has 114 valence electrons. The zero-order valence-electron chi connectivity index (χ0n) is 12.7. The largest absolute Gasteiger partial charge is 0.352 e. The van der Waals surface area contributed by atoms with Crippen molar-refractivity contribution in [3.63, 3.8) is 0 Å². The number of nitrogens with one attached hydrogen (secondary N) is 2. The topological polar surface area (TPSA) is 41.1 Å². The molecule has 1 fully saturated rings. The van der Waals surface area contributed by atoms with Crippen LogP contribution in [0.25, 0.3) is 0 Å². The highest BCUT2D eigenvalue weighted by Gasteiger charge is 2.21. The summed E-state index contributed by atoms with van der Waals surface area (Å²) in [5, 5.41) is 6.64. The average Bonchev–Trinajstić information content (AvgIpc) is 2.54. The molecule has 1 unspecified atom stereocenters. The second kappa shape index (κ2) is 7.08. The van der Waals surface area contributed by atoms with Crippen LogP contribution in [0.4, 0.5) is 0 Å². The maximum atomic E-state index is 12.1. The predicted molar refractivity (Wildman–Crippen MR) is 85.1 cm³/mol. The van der Waals surface area contributed by atoms with Gasteiger partial charge in [0.05, 0.1) is 6.54 Å². The lowest BCUT2D eigenvalue weighted by atomic mass is 9.88. The first-order valence-corrected chi connectivity index (χ1v) is 8.43. The van der Waals surface area contributed by atoms with E-state index >= 15 is 0 Å². The molecule has 1 saturated carbocycles. The zero-order chi connectivity index (χ0) is 14.5. The fourth-order valence-electron chi connectivity index (χ4n) is 3.71. The Morgan fingerprint density at radius 3 is 2.71 bits per heavy atom. The van der Waals surface area contributed by atoms with Crippen molar-refractivity contribution in [2.24, 2.45) is 0 Å². The van der Waals surface area contributed by atoms with Gasteiger partial charge in [-0.15, -0.1) is 0 Å². The maximum absolute atomic E-state index is 12.1. The summed E-state index contributed by atoms with van der Waals surface area (Å²) in [6.45, 7) is 0.440. The van der Waals surface area contributed by atoms with Crippen LogP contribution in [0.1, 0.15) is 62.1 Å². The van der Waals surface area contributed by atoms with Crippen molar-refractivity contribution in [1.82, 2.24) is 10.6 Å². The fraction of sp³-hybridized carbons (Fsp3) is 0.611. The summed E-state index contributed by atoms with van der Waals surface area (Å²) < 4.78 is 0. The maximum Gasteiger partial charge on any atom is 0.234 e. The number of fused-ring (bicyclic) bond motifs is 1. The van der Waals surface area contributed by atoms with Gasteiger partial charge in [-0.2, -0.15) is 0 Å². The molecule has 0 aromatic heterocycles. The molecule has 3 nitrogen and oxygen atoms in total. The minimum Gasteiger partial charge on any atom is -0.352 e. The Morgan fingerprint density at radius 1 is 1.05 bits per heavy atom. The number of rotatable bonds is 4. The van der Waals surface area contributed by atoms with Gasteiger partial charge >= 0.3 is 0 Å². The normalized spacial score (nSPS) is 22.6. The SMILES string of the molecule is O=C(CNC1CCCc2ccccc21)NC1CCCCC1. The lowest BCUT2D eigenvalue weighted by molar-refractivity contribution is -0.121. The van der Waals surface area contributed by atoms with Crippen LogP contribution in [-0.2, 0) is 11.2 Å². The minimum atomic E-state index is 0.157. The zero-order valence-corrected chi connectivity index (χ0v) is 12.7. The van der Waals surface area contributed by atoms with Gasteiger partial charge in [0.15, 0.2) is 0 Å². The first kappa shape index (κ1) is 14.6.